The predicted molar refractivity (Wildman–Crippen MR) is 92.1 cm³/mol. The van der Waals surface area contributed by atoms with E-state index in [9.17, 15) is 9.59 Å². The van der Waals surface area contributed by atoms with E-state index in [0.29, 0.717) is 5.75 Å². The average molecular weight is 327 g/mol. The van der Waals surface area contributed by atoms with E-state index in [1.54, 1.807) is 12.1 Å². The van der Waals surface area contributed by atoms with Crippen molar-refractivity contribution in [3.63, 3.8) is 0 Å². The van der Waals surface area contributed by atoms with Gasteiger partial charge in [0.05, 0.1) is 0 Å². The summed E-state index contributed by atoms with van der Waals surface area (Å²) in [5.74, 6) is -0.382. The van der Waals surface area contributed by atoms with Crippen LogP contribution in [-0.4, -0.2) is 25.1 Å². The minimum absolute atomic E-state index is 0.234. The zero-order chi connectivity index (χ0) is 17.4. The Morgan fingerprint density at radius 2 is 1.71 bits per heavy atom. The third-order valence-electron chi connectivity index (χ3n) is 3.41. The number of benzene rings is 2. The number of nitrogens with one attached hydrogen (secondary N) is 1. The minimum atomic E-state index is -0.588. The van der Waals surface area contributed by atoms with Crippen molar-refractivity contribution in [2.75, 3.05) is 18.5 Å². The predicted octanol–water partition coefficient (Wildman–Crippen LogP) is 3.12. The molecule has 0 spiro atoms. The first-order valence-corrected chi connectivity index (χ1v) is 7.81. The van der Waals surface area contributed by atoms with E-state index in [2.05, 4.69) is 5.32 Å². The first-order valence-electron chi connectivity index (χ1n) is 7.81. The molecule has 2 aromatic rings. The number of amides is 1. The number of hydrogen-bond acceptors (Lipinski definition) is 4. The number of esters is 1. The van der Waals surface area contributed by atoms with Crippen molar-refractivity contribution in [3.05, 3.63) is 59.7 Å². The van der Waals surface area contributed by atoms with Crippen LogP contribution < -0.4 is 10.1 Å². The number of aryl methyl sites for hydroxylation is 2. The van der Waals surface area contributed by atoms with Gasteiger partial charge in [0, 0.05) is 5.69 Å². The third kappa shape index (κ3) is 5.43. The highest BCUT2D eigenvalue weighted by molar-refractivity contribution is 5.93. The molecule has 0 radical (unpaired) electrons. The molecule has 0 saturated heterocycles. The molecule has 2 aromatic carbocycles. The smallest absolute Gasteiger partial charge is 0.344 e. The molecule has 0 unspecified atom stereocenters. The Morgan fingerprint density at radius 3 is 2.42 bits per heavy atom. The van der Waals surface area contributed by atoms with Crippen LogP contribution in [0.4, 0.5) is 5.69 Å². The van der Waals surface area contributed by atoms with Crippen molar-refractivity contribution in [2.45, 2.75) is 20.3 Å². The molecule has 5 nitrogen and oxygen atoms in total. The Morgan fingerprint density at radius 1 is 1.00 bits per heavy atom. The minimum Gasteiger partial charge on any atom is -0.482 e. The highest BCUT2D eigenvalue weighted by Crippen LogP contribution is 2.15. The molecule has 126 valence electrons. The van der Waals surface area contributed by atoms with E-state index in [1.807, 2.05) is 50.2 Å². The fourth-order valence-electron chi connectivity index (χ4n) is 2.10. The molecule has 1 amide bonds. The lowest BCUT2D eigenvalue weighted by Crippen LogP contribution is -2.24. The number of rotatable bonds is 7. The monoisotopic (exact) mass is 327 g/mol. The number of para-hydroxylation sites is 1. The van der Waals surface area contributed by atoms with E-state index >= 15 is 0 Å². The van der Waals surface area contributed by atoms with Gasteiger partial charge < -0.3 is 14.8 Å². The van der Waals surface area contributed by atoms with Gasteiger partial charge in [0.15, 0.2) is 13.2 Å². The summed E-state index contributed by atoms with van der Waals surface area (Å²) in [7, 11) is 0. The van der Waals surface area contributed by atoms with E-state index in [0.717, 1.165) is 23.2 Å². The Hall–Kier alpha value is -2.82. The normalized spacial score (nSPS) is 10.1. The molecule has 0 heterocycles. The summed E-state index contributed by atoms with van der Waals surface area (Å²) in [5.41, 5.74) is 2.87. The first kappa shape index (κ1) is 17.5. The highest BCUT2D eigenvalue weighted by atomic mass is 16.6. The van der Waals surface area contributed by atoms with Gasteiger partial charge in [-0.25, -0.2) is 4.79 Å². The van der Waals surface area contributed by atoms with Crippen LogP contribution in [0.5, 0.6) is 5.75 Å². The molecule has 0 aliphatic carbocycles. The SMILES string of the molecule is CCc1ccccc1NC(=O)COC(=O)COc1ccc(C)cc1. The zero-order valence-corrected chi connectivity index (χ0v) is 13.9. The third-order valence-corrected chi connectivity index (χ3v) is 3.41. The molecule has 0 bridgehead atoms. The van der Waals surface area contributed by atoms with Crippen molar-refractivity contribution in [1.29, 1.82) is 0 Å². The molecule has 0 saturated carbocycles. The molecule has 0 atom stereocenters. The van der Waals surface area contributed by atoms with Crippen molar-refractivity contribution in [1.82, 2.24) is 0 Å². The van der Waals surface area contributed by atoms with E-state index in [4.69, 9.17) is 9.47 Å². The van der Waals surface area contributed by atoms with Gasteiger partial charge in [-0.2, -0.15) is 0 Å². The van der Waals surface area contributed by atoms with E-state index in [-0.39, 0.29) is 19.1 Å². The standard InChI is InChI=1S/C19H21NO4/c1-3-15-6-4-5-7-17(15)20-18(21)12-24-19(22)13-23-16-10-8-14(2)9-11-16/h4-11H,3,12-13H2,1-2H3,(H,20,21). The molecule has 1 N–H and O–H groups in total. The van der Waals surface area contributed by atoms with Crippen LogP contribution in [0.25, 0.3) is 0 Å². The van der Waals surface area contributed by atoms with Crippen molar-refractivity contribution < 1.29 is 19.1 Å². The van der Waals surface area contributed by atoms with E-state index in [1.165, 1.54) is 0 Å². The number of carbonyl (C=O) groups is 2. The summed E-state index contributed by atoms with van der Waals surface area (Å²) in [5, 5.41) is 2.74. The van der Waals surface area contributed by atoms with Gasteiger partial charge >= 0.3 is 5.97 Å². The Balaban J connectivity index is 1.74. The second-order valence-electron chi connectivity index (χ2n) is 5.32. The van der Waals surface area contributed by atoms with Crippen molar-refractivity contribution >= 4 is 17.6 Å². The lowest BCUT2D eigenvalue weighted by Gasteiger charge is -2.10. The van der Waals surface area contributed by atoms with Gasteiger partial charge in [0.2, 0.25) is 0 Å². The summed E-state index contributed by atoms with van der Waals surface area (Å²) >= 11 is 0. The van der Waals surface area contributed by atoms with Crippen molar-refractivity contribution in [3.8, 4) is 5.75 Å². The molecule has 2 rings (SSSR count). The van der Waals surface area contributed by atoms with Crippen LogP contribution in [0.15, 0.2) is 48.5 Å². The first-order chi connectivity index (χ1) is 11.6. The molecule has 0 aliphatic heterocycles. The summed E-state index contributed by atoms with van der Waals surface area (Å²) in [6.07, 6.45) is 0.806. The number of carbonyl (C=O) groups excluding carboxylic acids is 2. The zero-order valence-electron chi connectivity index (χ0n) is 13.9. The summed E-state index contributed by atoms with van der Waals surface area (Å²) in [6.45, 7) is 3.40. The Kier molecular flexibility index (Phi) is 6.37. The van der Waals surface area contributed by atoms with Gasteiger partial charge in [0.1, 0.15) is 5.75 Å². The number of hydrogen-bond donors (Lipinski definition) is 1. The van der Waals surface area contributed by atoms with Gasteiger partial charge in [-0.15, -0.1) is 0 Å². The van der Waals surface area contributed by atoms with Crippen molar-refractivity contribution in [2.24, 2.45) is 0 Å². The van der Waals surface area contributed by atoms with Crippen LogP contribution >= 0.6 is 0 Å². The van der Waals surface area contributed by atoms with Crippen LogP contribution in [-0.2, 0) is 20.7 Å². The highest BCUT2D eigenvalue weighted by Gasteiger charge is 2.10. The molecule has 0 fully saturated rings. The summed E-state index contributed by atoms with van der Waals surface area (Å²) < 4.78 is 10.2. The van der Waals surface area contributed by atoms with Gasteiger partial charge in [0.25, 0.3) is 5.91 Å². The Labute approximate surface area is 141 Å². The second kappa shape index (κ2) is 8.72. The molecule has 0 aromatic heterocycles. The van der Waals surface area contributed by atoms with Crippen LogP contribution in [0.2, 0.25) is 0 Å². The lowest BCUT2D eigenvalue weighted by molar-refractivity contribution is -0.149. The molecule has 24 heavy (non-hydrogen) atoms. The fourth-order valence-corrected chi connectivity index (χ4v) is 2.10. The van der Waals surface area contributed by atoms with Crippen LogP contribution in [0, 0.1) is 6.92 Å². The maximum Gasteiger partial charge on any atom is 0.344 e. The van der Waals surface area contributed by atoms with Gasteiger partial charge in [-0.3, -0.25) is 4.79 Å². The summed E-state index contributed by atoms with van der Waals surface area (Å²) in [4.78, 5) is 23.5. The largest absolute Gasteiger partial charge is 0.482 e. The second-order valence-corrected chi connectivity index (χ2v) is 5.32. The number of ether oxygens (including phenoxy) is 2. The van der Waals surface area contributed by atoms with E-state index < -0.39 is 5.97 Å². The fraction of sp³-hybridized carbons (Fsp3) is 0.263. The topological polar surface area (TPSA) is 64.6 Å². The van der Waals surface area contributed by atoms with Gasteiger partial charge in [-0.05, 0) is 37.1 Å². The maximum absolute atomic E-state index is 11.9. The number of anilines is 1. The molecule has 0 aliphatic rings. The Bertz CT molecular complexity index is 695. The quantitative estimate of drug-likeness (QED) is 0.794. The molecule has 5 heteroatoms. The molecular formula is C19H21NO4. The van der Waals surface area contributed by atoms with Gasteiger partial charge in [-0.1, -0.05) is 42.8 Å². The summed E-state index contributed by atoms with van der Waals surface area (Å²) in [6, 6.07) is 14.8. The van der Waals surface area contributed by atoms with Crippen LogP contribution in [0.3, 0.4) is 0 Å². The maximum atomic E-state index is 11.9. The average Bonchev–Trinajstić information content (AvgIpc) is 2.60. The van der Waals surface area contributed by atoms with Crippen LogP contribution in [0.1, 0.15) is 18.1 Å². The lowest BCUT2D eigenvalue weighted by atomic mass is 10.1. The molecular weight excluding hydrogens is 306 g/mol.